The minimum absolute atomic E-state index is 0.898. The van der Waals surface area contributed by atoms with E-state index in [0.717, 1.165) is 5.92 Å². The Bertz CT molecular complexity index is 75.5. The van der Waals surface area contributed by atoms with Crippen LogP contribution in [0, 0.1) is 5.92 Å². The van der Waals surface area contributed by atoms with Crippen molar-refractivity contribution >= 4 is 11.8 Å². The molecular weight excluding hydrogens is 212 g/mol. The van der Waals surface area contributed by atoms with Gasteiger partial charge in [0, 0.05) is 0 Å². The summed E-state index contributed by atoms with van der Waals surface area (Å²) in [5, 5.41) is 0. The zero-order valence-electron chi connectivity index (χ0n) is 13.1. The quantitative estimate of drug-likeness (QED) is 0.517. The van der Waals surface area contributed by atoms with Crippen LogP contribution in [0.2, 0.25) is 0 Å². The second kappa shape index (κ2) is 36.3. The van der Waals surface area contributed by atoms with Gasteiger partial charge in [0.05, 0.1) is 0 Å². The van der Waals surface area contributed by atoms with Crippen molar-refractivity contribution < 1.29 is 0 Å². The van der Waals surface area contributed by atoms with Crippen molar-refractivity contribution in [3.05, 3.63) is 12.7 Å². The van der Waals surface area contributed by atoms with Crippen LogP contribution in [0.4, 0.5) is 0 Å². The molecule has 0 aliphatic carbocycles. The molecule has 0 nitrogen and oxygen atoms in total. The van der Waals surface area contributed by atoms with E-state index in [2.05, 4.69) is 40.5 Å². The van der Waals surface area contributed by atoms with E-state index < -0.39 is 0 Å². The Morgan fingerprint density at radius 1 is 1.12 bits per heavy atom. The number of thioether (sulfide) groups is 1. The van der Waals surface area contributed by atoms with Crippen LogP contribution >= 0.6 is 11.8 Å². The zero-order chi connectivity index (χ0) is 13.8. The smallest absolute Gasteiger partial charge is 0.00729 e. The first-order chi connectivity index (χ1) is 7.60. The monoisotopic (exact) mass is 248 g/mol. The molecule has 0 rings (SSSR count). The Morgan fingerprint density at radius 2 is 1.50 bits per heavy atom. The molecule has 0 aromatic carbocycles. The summed E-state index contributed by atoms with van der Waals surface area (Å²) >= 11 is 1.90. The molecule has 16 heavy (non-hydrogen) atoms. The maximum absolute atomic E-state index is 3.36. The summed E-state index contributed by atoms with van der Waals surface area (Å²) in [6.45, 7) is 18.2. The summed E-state index contributed by atoms with van der Waals surface area (Å²) in [5.74, 6) is 2.20. The summed E-state index contributed by atoms with van der Waals surface area (Å²) in [7, 11) is 0. The van der Waals surface area contributed by atoms with E-state index in [9.17, 15) is 0 Å². The van der Waals surface area contributed by atoms with E-state index in [1.165, 1.54) is 25.0 Å². The van der Waals surface area contributed by atoms with Gasteiger partial charge in [-0.3, -0.25) is 0 Å². The average Bonchev–Trinajstić information content (AvgIpc) is 2.24. The van der Waals surface area contributed by atoms with Crippen LogP contribution < -0.4 is 0 Å². The van der Waals surface area contributed by atoms with Crippen LogP contribution in [0.25, 0.3) is 0 Å². The molecule has 0 aliphatic rings. The van der Waals surface area contributed by atoms with E-state index in [-0.39, 0.29) is 0 Å². The first-order valence-corrected chi connectivity index (χ1v) is 8.05. The SMILES string of the molecule is C=CC.CC.CCCC(C)C.CCCSC. The lowest BCUT2D eigenvalue weighted by molar-refractivity contribution is 0.576. The molecule has 0 atom stereocenters. The Morgan fingerprint density at radius 3 is 1.50 bits per heavy atom. The maximum Gasteiger partial charge on any atom is -0.00729 e. The summed E-state index contributed by atoms with van der Waals surface area (Å²) in [6, 6.07) is 0. The van der Waals surface area contributed by atoms with Crippen molar-refractivity contribution in [2.75, 3.05) is 12.0 Å². The van der Waals surface area contributed by atoms with Gasteiger partial charge in [-0.15, -0.1) is 6.58 Å². The second-order valence-corrected chi connectivity index (χ2v) is 4.57. The van der Waals surface area contributed by atoms with Crippen molar-refractivity contribution in [1.29, 1.82) is 0 Å². The molecule has 1 heteroatoms. The first-order valence-electron chi connectivity index (χ1n) is 6.66. The van der Waals surface area contributed by atoms with E-state index in [1.807, 2.05) is 32.5 Å². The van der Waals surface area contributed by atoms with Gasteiger partial charge in [0.1, 0.15) is 0 Å². The predicted octanol–water partition coefficient (Wildman–Crippen LogP) is 6.42. The third kappa shape index (κ3) is 93.2. The highest BCUT2D eigenvalue weighted by atomic mass is 32.2. The standard InChI is InChI=1S/C6H14.C4H10S.C3H6.C2H6/c1-4-5-6(2)3;1-3-4-5-2;1-3-2;1-2/h6H,4-5H2,1-3H3;3-4H2,1-2H3;3H,1H2,2H3;1-2H3. The summed E-state index contributed by atoms with van der Waals surface area (Å²) in [6.07, 6.45) is 7.89. The number of hydrogen-bond donors (Lipinski definition) is 0. The maximum atomic E-state index is 3.36. The minimum Gasteiger partial charge on any atom is -0.165 e. The highest BCUT2D eigenvalue weighted by Crippen LogP contribution is 2.00. The Balaban J connectivity index is -0.0000000653. The van der Waals surface area contributed by atoms with Crippen LogP contribution in [-0.2, 0) is 0 Å². The summed E-state index contributed by atoms with van der Waals surface area (Å²) in [4.78, 5) is 0. The van der Waals surface area contributed by atoms with Crippen molar-refractivity contribution in [3.63, 3.8) is 0 Å². The van der Waals surface area contributed by atoms with Gasteiger partial charge in [0.2, 0.25) is 0 Å². The fourth-order valence-corrected chi connectivity index (χ4v) is 1.19. The molecule has 0 bridgehead atoms. The molecule has 0 radical (unpaired) electrons. The molecule has 0 aromatic heterocycles. The fourth-order valence-electron chi connectivity index (χ4n) is 0.781. The highest BCUT2D eigenvalue weighted by Gasteiger charge is 1.85. The normalized spacial score (nSPS) is 7.56. The number of allylic oxidation sites excluding steroid dienone is 1. The van der Waals surface area contributed by atoms with E-state index in [4.69, 9.17) is 0 Å². The highest BCUT2D eigenvalue weighted by molar-refractivity contribution is 7.98. The molecule has 0 heterocycles. The predicted molar refractivity (Wildman–Crippen MR) is 85.6 cm³/mol. The van der Waals surface area contributed by atoms with Gasteiger partial charge in [-0.1, -0.05) is 60.5 Å². The van der Waals surface area contributed by atoms with E-state index in [1.54, 1.807) is 6.08 Å². The molecule has 0 amide bonds. The van der Waals surface area contributed by atoms with Crippen LogP contribution in [0.5, 0.6) is 0 Å². The van der Waals surface area contributed by atoms with Gasteiger partial charge < -0.3 is 0 Å². The topological polar surface area (TPSA) is 0 Å². The van der Waals surface area contributed by atoms with Crippen molar-refractivity contribution in [1.82, 2.24) is 0 Å². The number of rotatable bonds is 4. The van der Waals surface area contributed by atoms with E-state index in [0.29, 0.717) is 0 Å². The summed E-state index contributed by atoms with van der Waals surface area (Å²) in [5.41, 5.74) is 0. The molecule has 0 aromatic rings. The van der Waals surface area contributed by atoms with Crippen molar-refractivity contribution in [2.24, 2.45) is 5.92 Å². The molecule has 0 unspecified atom stereocenters. The third-order valence-electron chi connectivity index (χ3n) is 1.27. The van der Waals surface area contributed by atoms with Gasteiger partial charge in [-0.05, 0) is 31.3 Å². The largest absolute Gasteiger partial charge is 0.165 e. The summed E-state index contributed by atoms with van der Waals surface area (Å²) < 4.78 is 0. The van der Waals surface area contributed by atoms with Crippen LogP contribution in [0.15, 0.2) is 12.7 Å². The molecule has 102 valence electrons. The molecule has 0 saturated carbocycles. The second-order valence-electron chi connectivity index (χ2n) is 3.58. The van der Waals surface area contributed by atoms with Crippen LogP contribution in [0.1, 0.15) is 67.7 Å². The molecule has 0 N–H and O–H groups in total. The number of hydrogen-bond acceptors (Lipinski definition) is 1. The lowest BCUT2D eigenvalue weighted by atomic mass is 10.1. The lowest BCUT2D eigenvalue weighted by Crippen LogP contribution is -1.81. The van der Waals surface area contributed by atoms with Crippen LogP contribution in [0.3, 0.4) is 0 Å². The van der Waals surface area contributed by atoms with Gasteiger partial charge in [-0.25, -0.2) is 0 Å². The van der Waals surface area contributed by atoms with Crippen LogP contribution in [-0.4, -0.2) is 12.0 Å². The first kappa shape index (κ1) is 25.1. The van der Waals surface area contributed by atoms with Crippen molar-refractivity contribution in [3.8, 4) is 0 Å². The molecular formula is C15H36S. The van der Waals surface area contributed by atoms with Gasteiger partial charge >= 0.3 is 0 Å². The molecule has 0 spiro atoms. The average molecular weight is 249 g/mol. The van der Waals surface area contributed by atoms with Gasteiger partial charge in [-0.2, -0.15) is 11.8 Å². The Kier molecular flexibility index (Phi) is 56.8. The minimum atomic E-state index is 0.898. The van der Waals surface area contributed by atoms with Gasteiger partial charge in [0.15, 0.2) is 0 Å². The third-order valence-corrected chi connectivity index (χ3v) is 2.09. The molecule has 0 aliphatic heterocycles. The van der Waals surface area contributed by atoms with Gasteiger partial charge in [0.25, 0.3) is 0 Å². The van der Waals surface area contributed by atoms with E-state index >= 15 is 0 Å². The Hall–Kier alpha value is 0.0900. The zero-order valence-corrected chi connectivity index (χ0v) is 13.9. The fraction of sp³-hybridized carbons (Fsp3) is 0.867. The Labute approximate surface area is 110 Å². The molecule has 0 fully saturated rings. The lowest BCUT2D eigenvalue weighted by Gasteiger charge is -1.95. The van der Waals surface area contributed by atoms with Crippen molar-refractivity contribution in [2.45, 2.75) is 67.7 Å². The molecule has 0 saturated heterocycles.